The minimum Gasteiger partial charge on any atom is -0.462 e. The summed E-state index contributed by atoms with van der Waals surface area (Å²) in [6, 6.07) is 11.2. The first-order valence-corrected chi connectivity index (χ1v) is 5.83. The molecule has 0 spiro atoms. The van der Waals surface area contributed by atoms with E-state index >= 15 is 0 Å². The highest BCUT2D eigenvalue weighted by Gasteiger charge is 2.10. The monoisotopic (exact) mass is 240 g/mol. The first-order valence-electron chi connectivity index (χ1n) is 5.83. The second-order valence-corrected chi connectivity index (χ2v) is 3.96. The fourth-order valence-electron chi connectivity index (χ4n) is 2.00. The van der Waals surface area contributed by atoms with E-state index in [1.54, 1.807) is 13.0 Å². The van der Waals surface area contributed by atoms with Gasteiger partial charge in [0.15, 0.2) is 0 Å². The van der Waals surface area contributed by atoms with Crippen molar-refractivity contribution in [3.8, 4) is 0 Å². The van der Waals surface area contributed by atoms with Crippen LogP contribution in [0.3, 0.4) is 0 Å². The summed E-state index contributed by atoms with van der Waals surface area (Å²) in [5.41, 5.74) is 3.20. The fraction of sp³-hybridized carbons (Fsp3) is 0.143. The first-order chi connectivity index (χ1) is 8.79. The van der Waals surface area contributed by atoms with E-state index in [1.807, 2.05) is 40.9 Å². The third-order valence-electron chi connectivity index (χ3n) is 2.82. The predicted molar refractivity (Wildman–Crippen MR) is 68.7 cm³/mol. The van der Waals surface area contributed by atoms with Crippen molar-refractivity contribution in [2.24, 2.45) is 0 Å². The molecule has 0 saturated carbocycles. The van der Waals surface area contributed by atoms with Crippen LogP contribution in [-0.2, 0) is 4.74 Å². The number of imidazole rings is 1. The zero-order valence-corrected chi connectivity index (χ0v) is 9.96. The van der Waals surface area contributed by atoms with Crippen LogP contribution in [-0.4, -0.2) is 22.0 Å². The number of benzene rings is 1. The molecule has 3 aromatic rings. The minimum absolute atomic E-state index is 0.301. The molecule has 2 heterocycles. The fourth-order valence-corrected chi connectivity index (χ4v) is 2.00. The Morgan fingerprint density at radius 1 is 1.33 bits per heavy atom. The van der Waals surface area contributed by atoms with E-state index in [9.17, 15) is 4.79 Å². The molecule has 0 amide bonds. The molecule has 0 N–H and O–H groups in total. The Hall–Kier alpha value is -2.36. The van der Waals surface area contributed by atoms with Gasteiger partial charge in [0.05, 0.1) is 23.2 Å². The van der Waals surface area contributed by atoms with Gasteiger partial charge in [-0.05, 0) is 37.3 Å². The molecule has 4 heteroatoms. The molecule has 0 bridgehead atoms. The first kappa shape index (κ1) is 10.8. The van der Waals surface area contributed by atoms with E-state index in [0.717, 1.165) is 16.7 Å². The SMILES string of the molecule is CCOC(=O)c1ccc2nc3ccccn3c2c1. The molecule has 0 aliphatic rings. The smallest absolute Gasteiger partial charge is 0.338 e. The molecule has 0 aliphatic heterocycles. The molecule has 3 rings (SSSR count). The average molecular weight is 240 g/mol. The van der Waals surface area contributed by atoms with Gasteiger partial charge in [-0.3, -0.25) is 4.40 Å². The van der Waals surface area contributed by atoms with Crippen LogP contribution in [0.25, 0.3) is 16.7 Å². The van der Waals surface area contributed by atoms with Gasteiger partial charge in [-0.25, -0.2) is 9.78 Å². The number of esters is 1. The van der Waals surface area contributed by atoms with Crippen LogP contribution in [0, 0.1) is 0 Å². The lowest BCUT2D eigenvalue weighted by atomic mass is 10.2. The molecule has 0 aliphatic carbocycles. The van der Waals surface area contributed by atoms with E-state index in [-0.39, 0.29) is 5.97 Å². The maximum absolute atomic E-state index is 11.7. The normalized spacial score (nSPS) is 10.9. The van der Waals surface area contributed by atoms with Crippen LogP contribution in [0.2, 0.25) is 0 Å². The zero-order valence-electron chi connectivity index (χ0n) is 9.96. The van der Waals surface area contributed by atoms with Gasteiger partial charge < -0.3 is 4.74 Å². The Morgan fingerprint density at radius 2 is 2.22 bits per heavy atom. The molecule has 0 fully saturated rings. The summed E-state index contributed by atoms with van der Waals surface area (Å²) in [5, 5.41) is 0. The molecule has 4 nitrogen and oxygen atoms in total. The van der Waals surface area contributed by atoms with E-state index in [0.29, 0.717) is 12.2 Å². The second-order valence-electron chi connectivity index (χ2n) is 3.96. The molecule has 18 heavy (non-hydrogen) atoms. The summed E-state index contributed by atoms with van der Waals surface area (Å²) in [7, 11) is 0. The molecular formula is C14H12N2O2. The van der Waals surface area contributed by atoms with Crippen molar-refractivity contribution >= 4 is 22.6 Å². The van der Waals surface area contributed by atoms with Crippen molar-refractivity contribution in [1.82, 2.24) is 9.38 Å². The molecular weight excluding hydrogens is 228 g/mol. The lowest BCUT2D eigenvalue weighted by Gasteiger charge is -2.01. The van der Waals surface area contributed by atoms with Gasteiger partial charge >= 0.3 is 5.97 Å². The highest BCUT2D eigenvalue weighted by Crippen LogP contribution is 2.18. The maximum atomic E-state index is 11.7. The summed E-state index contributed by atoms with van der Waals surface area (Å²) < 4.78 is 6.95. The van der Waals surface area contributed by atoms with E-state index in [4.69, 9.17) is 4.74 Å². The number of ether oxygens (including phenoxy) is 1. The molecule has 0 radical (unpaired) electrons. The number of rotatable bonds is 2. The average Bonchev–Trinajstić information content (AvgIpc) is 2.76. The summed E-state index contributed by atoms with van der Waals surface area (Å²) in [4.78, 5) is 16.2. The van der Waals surface area contributed by atoms with Gasteiger partial charge in [0.2, 0.25) is 0 Å². The van der Waals surface area contributed by atoms with Crippen molar-refractivity contribution in [3.05, 3.63) is 48.2 Å². The van der Waals surface area contributed by atoms with Crippen molar-refractivity contribution < 1.29 is 9.53 Å². The summed E-state index contributed by atoms with van der Waals surface area (Å²) in [6.45, 7) is 2.18. The van der Waals surface area contributed by atoms with Crippen molar-refractivity contribution in [2.45, 2.75) is 6.92 Å². The topological polar surface area (TPSA) is 43.6 Å². The van der Waals surface area contributed by atoms with E-state index in [1.165, 1.54) is 0 Å². The number of hydrogen-bond acceptors (Lipinski definition) is 3. The maximum Gasteiger partial charge on any atom is 0.338 e. The molecule has 0 unspecified atom stereocenters. The second kappa shape index (κ2) is 4.14. The Morgan fingerprint density at radius 3 is 3.06 bits per heavy atom. The van der Waals surface area contributed by atoms with Crippen LogP contribution in [0.1, 0.15) is 17.3 Å². The number of hydrogen-bond donors (Lipinski definition) is 0. The van der Waals surface area contributed by atoms with Crippen LogP contribution in [0.5, 0.6) is 0 Å². The molecule has 90 valence electrons. The molecule has 0 saturated heterocycles. The van der Waals surface area contributed by atoms with Gasteiger partial charge in [0.1, 0.15) is 5.65 Å². The van der Waals surface area contributed by atoms with Crippen molar-refractivity contribution in [3.63, 3.8) is 0 Å². The Kier molecular flexibility index (Phi) is 2.48. The summed E-state index contributed by atoms with van der Waals surface area (Å²) >= 11 is 0. The minimum atomic E-state index is -0.301. The Balaban J connectivity index is 2.21. The Labute approximate surface area is 104 Å². The third kappa shape index (κ3) is 1.62. The van der Waals surface area contributed by atoms with E-state index < -0.39 is 0 Å². The predicted octanol–water partition coefficient (Wildman–Crippen LogP) is 2.66. The molecule has 2 aromatic heterocycles. The van der Waals surface area contributed by atoms with Crippen molar-refractivity contribution in [2.75, 3.05) is 6.61 Å². The quantitative estimate of drug-likeness (QED) is 0.647. The highest BCUT2D eigenvalue weighted by atomic mass is 16.5. The van der Waals surface area contributed by atoms with Crippen LogP contribution >= 0.6 is 0 Å². The number of fused-ring (bicyclic) bond motifs is 3. The number of aromatic nitrogens is 2. The van der Waals surface area contributed by atoms with Crippen LogP contribution < -0.4 is 0 Å². The molecule has 0 atom stereocenters. The third-order valence-corrected chi connectivity index (χ3v) is 2.82. The number of pyridine rings is 1. The molecule has 1 aromatic carbocycles. The van der Waals surface area contributed by atoms with Gasteiger partial charge in [0.25, 0.3) is 0 Å². The van der Waals surface area contributed by atoms with Crippen LogP contribution in [0.15, 0.2) is 42.6 Å². The van der Waals surface area contributed by atoms with Gasteiger partial charge in [-0.15, -0.1) is 0 Å². The van der Waals surface area contributed by atoms with E-state index in [2.05, 4.69) is 4.98 Å². The standard InChI is InChI=1S/C14H12N2O2/c1-2-18-14(17)10-6-7-11-12(9-10)16-8-4-3-5-13(16)15-11/h3-9H,2H2,1H3. The van der Waals surface area contributed by atoms with Gasteiger partial charge in [-0.2, -0.15) is 0 Å². The number of nitrogens with zero attached hydrogens (tertiary/aromatic N) is 2. The lowest BCUT2D eigenvalue weighted by molar-refractivity contribution is 0.0526. The Bertz CT molecular complexity index is 731. The van der Waals surface area contributed by atoms with Crippen molar-refractivity contribution in [1.29, 1.82) is 0 Å². The van der Waals surface area contributed by atoms with Gasteiger partial charge in [-0.1, -0.05) is 6.07 Å². The summed E-state index contributed by atoms with van der Waals surface area (Å²) in [5.74, 6) is -0.301. The number of carbonyl (C=O) groups excluding carboxylic acids is 1. The zero-order chi connectivity index (χ0) is 12.5. The van der Waals surface area contributed by atoms with Crippen LogP contribution in [0.4, 0.5) is 0 Å². The number of carbonyl (C=O) groups is 1. The lowest BCUT2D eigenvalue weighted by Crippen LogP contribution is -2.04. The highest BCUT2D eigenvalue weighted by molar-refractivity contribution is 5.94. The summed E-state index contributed by atoms with van der Waals surface area (Å²) in [6.07, 6.45) is 1.93. The van der Waals surface area contributed by atoms with Gasteiger partial charge in [0, 0.05) is 6.20 Å². The largest absolute Gasteiger partial charge is 0.462 e.